The van der Waals surface area contributed by atoms with Crippen LogP contribution in [0.5, 0.6) is 11.5 Å². The number of fused-ring (bicyclic) bond motifs is 1. The monoisotopic (exact) mass is 509 g/mol. The fraction of sp³-hybridized carbons (Fsp3) is 0.233. The van der Waals surface area contributed by atoms with Gasteiger partial charge in [0.2, 0.25) is 5.95 Å². The average Bonchev–Trinajstić information content (AvgIpc) is 3.36. The van der Waals surface area contributed by atoms with Crippen molar-refractivity contribution in [3.05, 3.63) is 107 Å². The van der Waals surface area contributed by atoms with E-state index in [-0.39, 0.29) is 5.91 Å². The summed E-state index contributed by atoms with van der Waals surface area (Å²) in [6, 6.07) is 21.2. The number of amides is 1. The molecule has 8 heteroatoms. The minimum atomic E-state index is -0.511. The van der Waals surface area contributed by atoms with E-state index in [0.717, 1.165) is 22.4 Å². The lowest BCUT2D eigenvalue weighted by molar-refractivity contribution is -0.113. The molecule has 0 fully saturated rings. The number of aryl methyl sites for hydroxylation is 2. The molecule has 194 valence electrons. The number of para-hydroxylation sites is 1. The maximum Gasteiger partial charge on any atom is 0.255 e. The van der Waals surface area contributed by atoms with Gasteiger partial charge in [-0.05, 0) is 62.6 Å². The van der Waals surface area contributed by atoms with Gasteiger partial charge in [-0.25, -0.2) is 4.68 Å². The highest BCUT2D eigenvalue weighted by molar-refractivity contribution is 6.06. The van der Waals surface area contributed by atoms with Gasteiger partial charge in [-0.3, -0.25) is 4.79 Å². The van der Waals surface area contributed by atoms with Crippen molar-refractivity contribution in [2.75, 3.05) is 17.2 Å². The molecule has 3 aromatic carbocycles. The summed E-state index contributed by atoms with van der Waals surface area (Å²) in [5, 5.41) is 10.7. The molecule has 8 nitrogen and oxygen atoms in total. The zero-order chi connectivity index (χ0) is 26.6. The Morgan fingerprint density at radius 2 is 1.84 bits per heavy atom. The number of ether oxygens (including phenoxy) is 2. The summed E-state index contributed by atoms with van der Waals surface area (Å²) < 4.78 is 13.9. The average molecular weight is 510 g/mol. The molecule has 0 unspecified atom stereocenters. The molecule has 2 N–H and O–H groups in total. The number of allylic oxidation sites excluding steroid dienone is 1. The number of carbonyl (C=O) groups excluding carboxylic acids is 1. The number of rotatable bonds is 8. The van der Waals surface area contributed by atoms with Crippen LogP contribution in [0.4, 0.5) is 11.6 Å². The fourth-order valence-corrected chi connectivity index (χ4v) is 4.64. The van der Waals surface area contributed by atoms with Gasteiger partial charge in [-0.15, -0.1) is 0 Å². The van der Waals surface area contributed by atoms with Gasteiger partial charge in [0.25, 0.3) is 5.91 Å². The molecule has 0 spiro atoms. The van der Waals surface area contributed by atoms with Crippen molar-refractivity contribution >= 4 is 17.5 Å². The van der Waals surface area contributed by atoms with Crippen LogP contribution in [-0.2, 0) is 11.4 Å². The predicted octanol–water partition coefficient (Wildman–Crippen LogP) is 5.80. The Morgan fingerprint density at radius 3 is 2.63 bits per heavy atom. The Morgan fingerprint density at radius 1 is 1.00 bits per heavy atom. The van der Waals surface area contributed by atoms with E-state index in [9.17, 15) is 4.79 Å². The standard InChI is InChI=1S/C30H31N5O3/c1-5-37-26-16-23(13-14-25(26)38-17-22-11-8-9-19(2)15-22)28-27(21(4)33-30-31-18-32-35(28)30)29(36)34-24-12-7-6-10-20(24)3/h6-16,18,28H,5,17H2,1-4H3,(H,34,36)(H,31,32,33)/t28-/m0/s1. The maximum absolute atomic E-state index is 13.7. The maximum atomic E-state index is 13.7. The first-order valence-corrected chi connectivity index (χ1v) is 12.6. The second-order valence-electron chi connectivity index (χ2n) is 9.28. The first-order valence-electron chi connectivity index (χ1n) is 12.6. The van der Waals surface area contributed by atoms with Crippen molar-refractivity contribution in [2.45, 2.75) is 40.3 Å². The van der Waals surface area contributed by atoms with E-state index in [1.54, 1.807) is 4.68 Å². The quantitative estimate of drug-likeness (QED) is 0.312. The Labute approximate surface area is 222 Å². The van der Waals surface area contributed by atoms with Gasteiger partial charge in [0.05, 0.1) is 12.2 Å². The molecular formula is C30H31N5O3. The number of benzene rings is 3. The van der Waals surface area contributed by atoms with E-state index in [4.69, 9.17) is 9.47 Å². The Hall–Kier alpha value is -4.59. The van der Waals surface area contributed by atoms with E-state index < -0.39 is 6.04 Å². The summed E-state index contributed by atoms with van der Waals surface area (Å²) in [5.41, 5.74) is 6.08. The van der Waals surface area contributed by atoms with Crippen LogP contribution in [0.3, 0.4) is 0 Å². The molecule has 1 atom stereocenters. The first kappa shape index (κ1) is 25.1. The lowest BCUT2D eigenvalue weighted by Crippen LogP contribution is -2.31. The lowest BCUT2D eigenvalue weighted by Gasteiger charge is -2.29. The molecule has 5 rings (SSSR count). The molecule has 0 aliphatic carbocycles. The molecule has 1 aliphatic rings. The molecule has 4 aromatic rings. The highest BCUT2D eigenvalue weighted by Crippen LogP contribution is 2.39. The molecule has 0 saturated carbocycles. The Kier molecular flexibility index (Phi) is 7.13. The minimum Gasteiger partial charge on any atom is -0.490 e. The molecule has 0 radical (unpaired) electrons. The first-order chi connectivity index (χ1) is 18.4. The van der Waals surface area contributed by atoms with E-state index in [1.165, 1.54) is 11.9 Å². The number of carbonyl (C=O) groups is 1. The molecule has 2 heterocycles. The van der Waals surface area contributed by atoms with Crippen molar-refractivity contribution in [1.29, 1.82) is 0 Å². The van der Waals surface area contributed by atoms with Crippen molar-refractivity contribution in [1.82, 2.24) is 14.8 Å². The summed E-state index contributed by atoms with van der Waals surface area (Å²) in [6.45, 7) is 8.73. The summed E-state index contributed by atoms with van der Waals surface area (Å²) in [4.78, 5) is 18.0. The SMILES string of the molecule is CCOc1cc([C@H]2C(C(=O)Nc3ccccc3C)=C(C)Nc3ncnn32)ccc1OCc1cccc(C)c1. The second kappa shape index (κ2) is 10.8. The summed E-state index contributed by atoms with van der Waals surface area (Å²) in [6.07, 6.45) is 1.48. The van der Waals surface area contributed by atoms with Crippen LogP contribution in [0.2, 0.25) is 0 Å². The van der Waals surface area contributed by atoms with Gasteiger partial charge in [0.1, 0.15) is 19.0 Å². The van der Waals surface area contributed by atoms with Crippen LogP contribution >= 0.6 is 0 Å². The molecule has 1 amide bonds. The van der Waals surface area contributed by atoms with E-state index >= 15 is 0 Å². The van der Waals surface area contributed by atoms with Gasteiger partial charge in [0.15, 0.2) is 11.5 Å². The largest absolute Gasteiger partial charge is 0.490 e. The Balaban J connectivity index is 1.50. The zero-order valence-corrected chi connectivity index (χ0v) is 22.0. The van der Waals surface area contributed by atoms with Crippen LogP contribution in [0.25, 0.3) is 0 Å². The molecule has 38 heavy (non-hydrogen) atoms. The summed E-state index contributed by atoms with van der Waals surface area (Å²) in [7, 11) is 0. The summed E-state index contributed by atoms with van der Waals surface area (Å²) in [5.74, 6) is 1.59. The molecule has 0 saturated heterocycles. The number of nitrogens with one attached hydrogen (secondary N) is 2. The number of nitrogens with zero attached hydrogens (tertiary/aromatic N) is 3. The smallest absolute Gasteiger partial charge is 0.255 e. The van der Waals surface area contributed by atoms with Gasteiger partial charge in [0, 0.05) is 11.4 Å². The molecule has 0 bridgehead atoms. The van der Waals surface area contributed by atoms with Crippen molar-refractivity contribution < 1.29 is 14.3 Å². The van der Waals surface area contributed by atoms with Crippen LogP contribution in [-0.4, -0.2) is 27.3 Å². The highest BCUT2D eigenvalue weighted by atomic mass is 16.5. The second-order valence-corrected chi connectivity index (χ2v) is 9.28. The van der Waals surface area contributed by atoms with Crippen molar-refractivity contribution in [2.24, 2.45) is 0 Å². The van der Waals surface area contributed by atoms with Crippen LogP contribution in [0.1, 0.15) is 42.1 Å². The fourth-order valence-electron chi connectivity index (χ4n) is 4.64. The molecular weight excluding hydrogens is 478 g/mol. The third kappa shape index (κ3) is 5.11. The van der Waals surface area contributed by atoms with Crippen molar-refractivity contribution in [3.8, 4) is 11.5 Å². The molecule has 1 aliphatic heterocycles. The number of anilines is 2. The van der Waals surface area contributed by atoms with Gasteiger partial charge >= 0.3 is 0 Å². The predicted molar refractivity (Wildman–Crippen MR) is 147 cm³/mol. The summed E-state index contributed by atoms with van der Waals surface area (Å²) >= 11 is 0. The zero-order valence-electron chi connectivity index (χ0n) is 22.0. The molecule has 1 aromatic heterocycles. The van der Waals surface area contributed by atoms with Gasteiger partial charge in [-0.1, -0.05) is 54.1 Å². The Bertz CT molecular complexity index is 1510. The normalized spacial score (nSPS) is 14.5. The topological polar surface area (TPSA) is 90.3 Å². The van der Waals surface area contributed by atoms with Crippen LogP contribution in [0.15, 0.2) is 84.3 Å². The van der Waals surface area contributed by atoms with Crippen LogP contribution in [0, 0.1) is 13.8 Å². The number of hydrogen-bond acceptors (Lipinski definition) is 6. The third-order valence-electron chi connectivity index (χ3n) is 6.49. The van der Waals surface area contributed by atoms with Crippen LogP contribution < -0.4 is 20.1 Å². The van der Waals surface area contributed by atoms with Gasteiger partial charge in [-0.2, -0.15) is 10.1 Å². The van der Waals surface area contributed by atoms with E-state index in [1.807, 2.05) is 75.4 Å². The minimum absolute atomic E-state index is 0.215. The van der Waals surface area contributed by atoms with E-state index in [0.29, 0.717) is 41.9 Å². The highest BCUT2D eigenvalue weighted by Gasteiger charge is 2.34. The third-order valence-corrected chi connectivity index (χ3v) is 6.49. The van der Waals surface area contributed by atoms with E-state index in [2.05, 4.69) is 39.8 Å². The van der Waals surface area contributed by atoms with Crippen molar-refractivity contribution in [3.63, 3.8) is 0 Å². The number of hydrogen-bond donors (Lipinski definition) is 2. The van der Waals surface area contributed by atoms with Gasteiger partial charge < -0.3 is 20.1 Å². The number of aromatic nitrogens is 3. The lowest BCUT2D eigenvalue weighted by atomic mass is 9.94.